The fourth-order valence-electron chi connectivity index (χ4n) is 2.84. The second-order valence-corrected chi connectivity index (χ2v) is 5.44. The van der Waals surface area contributed by atoms with E-state index >= 15 is 0 Å². The van der Waals surface area contributed by atoms with Gasteiger partial charge in [0.1, 0.15) is 0 Å². The van der Waals surface area contributed by atoms with Crippen LogP contribution in [0.5, 0.6) is 0 Å². The summed E-state index contributed by atoms with van der Waals surface area (Å²) in [5, 5.41) is 0. The highest BCUT2D eigenvalue weighted by atomic mass is 15.1. The summed E-state index contributed by atoms with van der Waals surface area (Å²) in [6, 6.07) is 3.99. The van der Waals surface area contributed by atoms with Crippen LogP contribution in [0.3, 0.4) is 0 Å². The molecule has 1 aliphatic heterocycles. The normalized spacial score (nSPS) is 21.7. The molecule has 0 amide bonds. The third-order valence-corrected chi connectivity index (χ3v) is 3.87. The maximum absolute atomic E-state index is 5.66. The average molecular weight is 247 g/mol. The first kappa shape index (κ1) is 13.3. The molecule has 0 bridgehead atoms. The van der Waals surface area contributed by atoms with E-state index in [2.05, 4.69) is 16.8 Å². The van der Waals surface area contributed by atoms with Crippen molar-refractivity contribution in [2.24, 2.45) is 5.92 Å². The zero-order valence-electron chi connectivity index (χ0n) is 11.4. The third kappa shape index (κ3) is 3.98. The molecule has 100 valence electrons. The average Bonchev–Trinajstić information content (AvgIpc) is 2.59. The van der Waals surface area contributed by atoms with Crippen molar-refractivity contribution in [3.05, 3.63) is 24.0 Å². The molecule has 1 aliphatic rings. The summed E-state index contributed by atoms with van der Waals surface area (Å²) in [6.45, 7) is 5.70. The summed E-state index contributed by atoms with van der Waals surface area (Å²) in [5.41, 5.74) is 7.55. The van der Waals surface area contributed by atoms with Crippen molar-refractivity contribution < 1.29 is 0 Å². The van der Waals surface area contributed by atoms with Gasteiger partial charge in [-0.05, 0) is 50.4 Å². The Kier molecular flexibility index (Phi) is 5.00. The Morgan fingerprint density at radius 3 is 2.94 bits per heavy atom. The molecule has 3 nitrogen and oxygen atoms in total. The van der Waals surface area contributed by atoms with Crippen LogP contribution >= 0.6 is 0 Å². The Labute approximate surface area is 110 Å². The fourth-order valence-corrected chi connectivity index (χ4v) is 2.84. The number of pyridine rings is 1. The number of hydrogen-bond acceptors (Lipinski definition) is 3. The van der Waals surface area contributed by atoms with Gasteiger partial charge in [-0.3, -0.25) is 9.88 Å². The highest BCUT2D eigenvalue weighted by molar-refractivity contribution is 5.34. The van der Waals surface area contributed by atoms with Crippen molar-refractivity contribution in [2.45, 2.75) is 45.6 Å². The predicted molar refractivity (Wildman–Crippen MR) is 76.2 cm³/mol. The Hall–Kier alpha value is -1.09. The number of likely N-dealkylation sites (tertiary alicyclic amines) is 1. The van der Waals surface area contributed by atoms with E-state index in [9.17, 15) is 0 Å². The molecule has 0 saturated carbocycles. The van der Waals surface area contributed by atoms with Gasteiger partial charge >= 0.3 is 0 Å². The molecule has 0 aromatic carbocycles. The molecule has 2 N–H and O–H groups in total. The van der Waals surface area contributed by atoms with Crippen LogP contribution in [0.15, 0.2) is 18.3 Å². The molecule has 18 heavy (non-hydrogen) atoms. The van der Waals surface area contributed by atoms with E-state index in [-0.39, 0.29) is 0 Å². The Bertz CT molecular complexity index is 347. The SMILES string of the molecule is CCCC1CCCN(Cc2ccc(N)cn2)CC1. The first-order valence-corrected chi connectivity index (χ1v) is 7.20. The lowest BCUT2D eigenvalue weighted by atomic mass is 9.96. The lowest BCUT2D eigenvalue weighted by Gasteiger charge is -2.19. The van der Waals surface area contributed by atoms with E-state index in [1.165, 1.54) is 45.2 Å². The van der Waals surface area contributed by atoms with Gasteiger partial charge in [0, 0.05) is 6.54 Å². The van der Waals surface area contributed by atoms with Gasteiger partial charge in [0.05, 0.1) is 17.6 Å². The van der Waals surface area contributed by atoms with E-state index in [1.54, 1.807) is 6.20 Å². The van der Waals surface area contributed by atoms with E-state index < -0.39 is 0 Å². The molecular weight excluding hydrogens is 222 g/mol. The van der Waals surface area contributed by atoms with Gasteiger partial charge in [-0.25, -0.2) is 0 Å². The summed E-state index contributed by atoms with van der Waals surface area (Å²) >= 11 is 0. The molecule has 1 saturated heterocycles. The predicted octanol–water partition coefficient (Wildman–Crippen LogP) is 3.07. The minimum atomic E-state index is 0.748. The molecule has 2 heterocycles. The number of hydrogen-bond donors (Lipinski definition) is 1. The largest absolute Gasteiger partial charge is 0.397 e. The van der Waals surface area contributed by atoms with Gasteiger partial charge in [-0.1, -0.05) is 19.8 Å². The first-order chi connectivity index (χ1) is 8.78. The summed E-state index contributed by atoms with van der Waals surface area (Å²) < 4.78 is 0. The zero-order chi connectivity index (χ0) is 12.8. The summed E-state index contributed by atoms with van der Waals surface area (Å²) in [7, 11) is 0. The molecule has 0 aliphatic carbocycles. The van der Waals surface area contributed by atoms with Gasteiger partial charge in [0.25, 0.3) is 0 Å². The van der Waals surface area contributed by atoms with Crippen molar-refractivity contribution in [1.29, 1.82) is 0 Å². The molecule has 1 fully saturated rings. The van der Waals surface area contributed by atoms with Crippen LogP contribution in [0.1, 0.15) is 44.7 Å². The van der Waals surface area contributed by atoms with Crippen molar-refractivity contribution in [2.75, 3.05) is 18.8 Å². The molecule has 1 aromatic rings. The molecule has 1 aromatic heterocycles. The Morgan fingerprint density at radius 2 is 2.22 bits per heavy atom. The van der Waals surface area contributed by atoms with Crippen molar-refractivity contribution >= 4 is 5.69 Å². The number of nitrogen functional groups attached to an aromatic ring is 1. The maximum atomic E-state index is 5.66. The van der Waals surface area contributed by atoms with Crippen LogP contribution in [0, 0.1) is 5.92 Å². The van der Waals surface area contributed by atoms with Crippen LogP contribution in [0.4, 0.5) is 5.69 Å². The number of anilines is 1. The minimum absolute atomic E-state index is 0.748. The highest BCUT2D eigenvalue weighted by Gasteiger charge is 2.16. The second-order valence-electron chi connectivity index (χ2n) is 5.44. The lowest BCUT2D eigenvalue weighted by Crippen LogP contribution is -2.24. The van der Waals surface area contributed by atoms with Crippen LogP contribution in [0.25, 0.3) is 0 Å². The van der Waals surface area contributed by atoms with Crippen molar-refractivity contribution in [1.82, 2.24) is 9.88 Å². The number of nitrogens with zero attached hydrogens (tertiary/aromatic N) is 2. The van der Waals surface area contributed by atoms with E-state index in [4.69, 9.17) is 5.73 Å². The quantitative estimate of drug-likeness (QED) is 0.889. The molecule has 1 atom stereocenters. The van der Waals surface area contributed by atoms with Crippen LogP contribution < -0.4 is 5.73 Å². The molecule has 0 spiro atoms. The zero-order valence-corrected chi connectivity index (χ0v) is 11.4. The Morgan fingerprint density at radius 1 is 1.33 bits per heavy atom. The van der Waals surface area contributed by atoms with E-state index in [0.717, 1.165) is 23.8 Å². The molecule has 2 rings (SSSR count). The first-order valence-electron chi connectivity index (χ1n) is 7.20. The van der Waals surface area contributed by atoms with E-state index in [0.29, 0.717) is 0 Å². The monoisotopic (exact) mass is 247 g/mol. The standard InChI is InChI=1S/C15H25N3/c1-2-4-13-5-3-9-18(10-8-13)12-15-7-6-14(16)11-17-15/h6-7,11,13H,2-5,8-10,12,16H2,1H3. The van der Waals surface area contributed by atoms with Gasteiger partial charge in [0.2, 0.25) is 0 Å². The van der Waals surface area contributed by atoms with Crippen molar-refractivity contribution in [3.8, 4) is 0 Å². The van der Waals surface area contributed by atoms with Gasteiger partial charge in [-0.2, -0.15) is 0 Å². The summed E-state index contributed by atoms with van der Waals surface area (Å²) in [4.78, 5) is 6.93. The number of nitrogens with two attached hydrogens (primary N) is 1. The third-order valence-electron chi connectivity index (χ3n) is 3.87. The number of rotatable bonds is 4. The van der Waals surface area contributed by atoms with E-state index in [1.807, 2.05) is 12.1 Å². The minimum Gasteiger partial charge on any atom is -0.397 e. The molecule has 0 radical (unpaired) electrons. The highest BCUT2D eigenvalue weighted by Crippen LogP contribution is 2.22. The van der Waals surface area contributed by atoms with Gasteiger partial charge < -0.3 is 5.73 Å². The summed E-state index contributed by atoms with van der Waals surface area (Å²) in [6.07, 6.45) is 8.56. The lowest BCUT2D eigenvalue weighted by molar-refractivity contribution is 0.268. The molecular formula is C15H25N3. The molecule has 3 heteroatoms. The number of aromatic nitrogens is 1. The summed E-state index contributed by atoms with van der Waals surface area (Å²) in [5.74, 6) is 0.944. The second kappa shape index (κ2) is 6.74. The van der Waals surface area contributed by atoms with Crippen LogP contribution in [-0.4, -0.2) is 23.0 Å². The smallest absolute Gasteiger partial charge is 0.0545 e. The maximum Gasteiger partial charge on any atom is 0.0545 e. The van der Waals surface area contributed by atoms with Gasteiger partial charge in [-0.15, -0.1) is 0 Å². The van der Waals surface area contributed by atoms with Crippen molar-refractivity contribution in [3.63, 3.8) is 0 Å². The van der Waals surface area contributed by atoms with Gasteiger partial charge in [0.15, 0.2) is 0 Å². The van der Waals surface area contributed by atoms with Crippen LogP contribution in [-0.2, 0) is 6.54 Å². The van der Waals surface area contributed by atoms with Crippen LogP contribution in [0.2, 0.25) is 0 Å². The fraction of sp³-hybridized carbons (Fsp3) is 0.667. The Balaban J connectivity index is 1.84. The molecule has 1 unspecified atom stereocenters. The topological polar surface area (TPSA) is 42.1 Å².